The minimum absolute atomic E-state index is 0.0715. The predicted octanol–water partition coefficient (Wildman–Crippen LogP) is 1.73. The van der Waals surface area contributed by atoms with E-state index in [1.807, 2.05) is 0 Å². The Morgan fingerprint density at radius 2 is 1.72 bits per heavy atom. The normalized spacial score (nSPS) is 19.7. The zero-order valence-electron chi connectivity index (χ0n) is 11.0. The topological polar surface area (TPSA) is 78.4 Å². The molecule has 0 heterocycles. The molecule has 2 fully saturated rings. The summed E-state index contributed by atoms with van der Waals surface area (Å²) in [5.41, 5.74) is -0.715. The van der Waals surface area contributed by atoms with E-state index in [4.69, 9.17) is 5.11 Å². The van der Waals surface area contributed by atoms with Crippen LogP contribution in [0, 0.1) is 11.8 Å². The van der Waals surface area contributed by atoms with Crippen molar-refractivity contribution in [3.05, 3.63) is 0 Å². The number of urea groups is 1. The van der Waals surface area contributed by atoms with Crippen LogP contribution in [0.4, 0.5) is 4.79 Å². The molecule has 0 unspecified atom stereocenters. The zero-order chi connectivity index (χ0) is 13.3. The molecule has 2 aliphatic carbocycles. The van der Waals surface area contributed by atoms with Gasteiger partial charge in [0.05, 0.1) is 6.42 Å². The van der Waals surface area contributed by atoms with Gasteiger partial charge in [0, 0.05) is 11.6 Å². The molecule has 2 saturated carbocycles. The largest absolute Gasteiger partial charge is 0.481 e. The molecule has 0 aromatic heterocycles. The summed E-state index contributed by atoms with van der Waals surface area (Å²) in [7, 11) is 0. The lowest BCUT2D eigenvalue weighted by atomic mass is 10.0. The molecular formula is C13H22N2O3. The first-order chi connectivity index (χ1) is 8.37. The van der Waals surface area contributed by atoms with Crippen molar-refractivity contribution in [1.29, 1.82) is 0 Å². The quantitative estimate of drug-likeness (QED) is 0.675. The van der Waals surface area contributed by atoms with Gasteiger partial charge in [-0.05, 0) is 51.4 Å². The van der Waals surface area contributed by atoms with Crippen LogP contribution in [0.15, 0.2) is 0 Å². The van der Waals surface area contributed by atoms with E-state index in [1.165, 1.54) is 25.7 Å². The Bertz CT molecular complexity index is 334. The van der Waals surface area contributed by atoms with Crippen LogP contribution < -0.4 is 10.6 Å². The molecular weight excluding hydrogens is 232 g/mol. The second kappa shape index (κ2) is 4.78. The van der Waals surface area contributed by atoms with E-state index in [9.17, 15) is 9.59 Å². The number of hydrogen-bond acceptors (Lipinski definition) is 2. The molecule has 3 N–H and O–H groups in total. The van der Waals surface area contributed by atoms with Crippen molar-refractivity contribution in [2.45, 2.75) is 57.5 Å². The number of hydrogen-bond donors (Lipinski definition) is 3. The first-order valence-corrected chi connectivity index (χ1v) is 6.68. The van der Waals surface area contributed by atoms with Gasteiger partial charge in [-0.3, -0.25) is 4.79 Å². The number of nitrogens with one attached hydrogen (secondary N) is 2. The van der Waals surface area contributed by atoms with E-state index in [1.54, 1.807) is 13.8 Å². The standard InChI is InChI=1S/C13H22N2O3/c1-13(2,7-10(16)17)15-12(18)14-11(8-3-4-8)9-5-6-9/h8-9,11H,3-7H2,1-2H3,(H,16,17)(H2,14,15,18). The minimum Gasteiger partial charge on any atom is -0.481 e. The van der Waals surface area contributed by atoms with E-state index in [0.29, 0.717) is 17.9 Å². The summed E-state index contributed by atoms with van der Waals surface area (Å²) in [5, 5.41) is 14.5. The van der Waals surface area contributed by atoms with Crippen LogP contribution in [0.3, 0.4) is 0 Å². The van der Waals surface area contributed by atoms with Gasteiger partial charge in [0.2, 0.25) is 0 Å². The van der Waals surface area contributed by atoms with E-state index >= 15 is 0 Å². The average molecular weight is 254 g/mol. The number of carboxylic acid groups (broad SMARTS) is 1. The summed E-state index contributed by atoms with van der Waals surface area (Å²) in [6.07, 6.45) is 4.76. The van der Waals surface area contributed by atoms with Crippen LogP contribution >= 0.6 is 0 Å². The van der Waals surface area contributed by atoms with Crippen molar-refractivity contribution in [1.82, 2.24) is 10.6 Å². The summed E-state index contributed by atoms with van der Waals surface area (Å²) >= 11 is 0. The van der Waals surface area contributed by atoms with Crippen molar-refractivity contribution in [2.75, 3.05) is 0 Å². The van der Waals surface area contributed by atoms with Crippen LogP contribution in [0.2, 0.25) is 0 Å². The summed E-state index contributed by atoms with van der Waals surface area (Å²) in [6.45, 7) is 3.45. The van der Waals surface area contributed by atoms with Gasteiger partial charge in [-0.2, -0.15) is 0 Å². The Hall–Kier alpha value is -1.26. The lowest BCUT2D eigenvalue weighted by Gasteiger charge is -2.26. The van der Waals surface area contributed by atoms with Crippen molar-refractivity contribution in [3.8, 4) is 0 Å². The third-order valence-corrected chi connectivity index (χ3v) is 3.60. The molecule has 18 heavy (non-hydrogen) atoms. The number of aliphatic carboxylic acids is 1. The Kier molecular flexibility index (Phi) is 3.50. The van der Waals surface area contributed by atoms with Crippen LogP contribution in [0.1, 0.15) is 46.0 Å². The highest BCUT2D eigenvalue weighted by Crippen LogP contribution is 2.44. The molecule has 0 aromatic carbocycles. The summed E-state index contributed by atoms with van der Waals surface area (Å²) < 4.78 is 0. The number of carbonyl (C=O) groups excluding carboxylic acids is 1. The molecule has 2 aliphatic rings. The molecule has 0 spiro atoms. The molecule has 0 saturated heterocycles. The Morgan fingerprint density at radius 3 is 2.11 bits per heavy atom. The highest BCUT2D eigenvalue weighted by atomic mass is 16.4. The van der Waals surface area contributed by atoms with E-state index < -0.39 is 11.5 Å². The smallest absolute Gasteiger partial charge is 0.315 e. The fourth-order valence-corrected chi connectivity index (χ4v) is 2.45. The fourth-order valence-electron chi connectivity index (χ4n) is 2.45. The van der Waals surface area contributed by atoms with Crippen molar-refractivity contribution in [2.24, 2.45) is 11.8 Å². The first-order valence-electron chi connectivity index (χ1n) is 6.68. The van der Waals surface area contributed by atoms with E-state index in [0.717, 1.165) is 0 Å². The molecule has 0 aliphatic heterocycles. The molecule has 5 heteroatoms. The Morgan fingerprint density at radius 1 is 1.22 bits per heavy atom. The molecule has 0 bridgehead atoms. The van der Waals surface area contributed by atoms with Crippen LogP contribution in [-0.2, 0) is 4.79 Å². The van der Waals surface area contributed by atoms with Crippen LogP contribution in [-0.4, -0.2) is 28.7 Å². The van der Waals surface area contributed by atoms with Crippen molar-refractivity contribution < 1.29 is 14.7 Å². The van der Waals surface area contributed by atoms with Gasteiger partial charge >= 0.3 is 12.0 Å². The first kappa shape index (κ1) is 13.2. The molecule has 102 valence electrons. The van der Waals surface area contributed by atoms with E-state index in [-0.39, 0.29) is 12.5 Å². The molecule has 2 amide bonds. The Balaban J connectivity index is 1.81. The van der Waals surface area contributed by atoms with Gasteiger partial charge in [-0.15, -0.1) is 0 Å². The molecule has 5 nitrogen and oxygen atoms in total. The second-order valence-electron chi connectivity index (χ2n) is 6.25. The molecule has 0 aromatic rings. The van der Waals surface area contributed by atoms with Gasteiger partial charge in [0.25, 0.3) is 0 Å². The fraction of sp³-hybridized carbons (Fsp3) is 0.846. The molecule has 0 atom stereocenters. The lowest BCUT2D eigenvalue weighted by molar-refractivity contribution is -0.138. The summed E-state index contributed by atoms with van der Waals surface area (Å²) in [4.78, 5) is 22.6. The lowest BCUT2D eigenvalue weighted by Crippen LogP contribution is -2.52. The maximum atomic E-state index is 11.9. The number of amides is 2. The van der Waals surface area contributed by atoms with Crippen LogP contribution in [0.5, 0.6) is 0 Å². The molecule has 2 rings (SSSR count). The third-order valence-electron chi connectivity index (χ3n) is 3.60. The number of carbonyl (C=O) groups is 2. The maximum Gasteiger partial charge on any atom is 0.315 e. The van der Waals surface area contributed by atoms with Crippen molar-refractivity contribution in [3.63, 3.8) is 0 Å². The minimum atomic E-state index is -0.902. The number of carboxylic acids is 1. The van der Waals surface area contributed by atoms with Gasteiger partial charge in [0.15, 0.2) is 0 Å². The SMILES string of the molecule is CC(C)(CC(=O)O)NC(=O)NC(C1CC1)C1CC1. The van der Waals surface area contributed by atoms with Crippen molar-refractivity contribution >= 4 is 12.0 Å². The number of rotatable bonds is 6. The Labute approximate surface area is 107 Å². The maximum absolute atomic E-state index is 11.9. The van der Waals surface area contributed by atoms with Gasteiger partial charge in [0.1, 0.15) is 0 Å². The average Bonchev–Trinajstić information content (AvgIpc) is 3.06. The van der Waals surface area contributed by atoms with E-state index in [2.05, 4.69) is 10.6 Å². The highest BCUT2D eigenvalue weighted by Gasteiger charge is 2.42. The van der Waals surface area contributed by atoms with Gasteiger partial charge in [-0.25, -0.2) is 4.79 Å². The second-order valence-corrected chi connectivity index (χ2v) is 6.25. The predicted molar refractivity (Wildman–Crippen MR) is 67.2 cm³/mol. The highest BCUT2D eigenvalue weighted by molar-refractivity contribution is 5.77. The van der Waals surface area contributed by atoms with Crippen LogP contribution in [0.25, 0.3) is 0 Å². The summed E-state index contributed by atoms with van der Waals surface area (Å²) in [5.74, 6) is 0.387. The summed E-state index contributed by atoms with van der Waals surface area (Å²) in [6, 6.07) is 0.0654. The van der Waals surface area contributed by atoms with Gasteiger partial charge in [-0.1, -0.05) is 0 Å². The zero-order valence-corrected chi connectivity index (χ0v) is 11.0. The molecule has 0 radical (unpaired) electrons. The third kappa shape index (κ3) is 3.89. The van der Waals surface area contributed by atoms with Gasteiger partial charge < -0.3 is 15.7 Å². The monoisotopic (exact) mass is 254 g/mol.